The van der Waals surface area contributed by atoms with Crippen molar-refractivity contribution in [2.24, 2.45) is 10.4 Å². The molecule has 1 fully saturated rings. The van der Waals surface area contributed by atoms with Crippen molar-refractivity contribution >= 4 is 28.5 Å². The summed E-state index contributed by atoms with van der Waals surface area (Å²) in [5.41, 5.74) is 1.86. The number of aryl methyl sites for hydroxylation is 1. The molecule has 1 aliphatic rings. The highest BCUT2D eigenvalue weighted by Crippen LogP contribution is 2.57. The first-order valence-corrected chi connectivity index (χ1v) is 9.73. The molecule has 136 valence electrons. The molecule has 26 heavy (non-hydrogen) atoms. The van der Waals surface area contributed by atoms with Gasteiger partial charge in [0.15, 0.2) is 5.75 Å². The predicted octanol–water partition coefficient (Wildman–Crippen LogP) is 5.81. The molecule has 0 bridgehead atoms. The van der Waals surface area contributed by atoms with Gasteiger partial charge < -0.3 is 4.74 Å². The zero-order valence-electron chi connectivity index (χ0n) is 15.8. The maximum atomic E-state index is 12.3. The monoisotopic (exact) mass is 367 g/mol. The molecule has 0 aromatic heterocycles. The second-order valence-corrected chi connectivity index (χ2v) is 9.19. The van der Waals surface area contributed by atoms with Crippen LogP contribution in [0.3, 0.4) is 0 Å². The lowest BCUT2D eigenvalue weighted by atomic mass is 9.79. The minimum absolute atomic E-state index is 0.0160. The van der Waals surface area contributed by atoms with Gasteiger partial charge in [-0.25, -0.2) is 4.99 Å². The highest BCUT2D eigenvalue weighted by atomic mass is 32.2. The van der Waals surface area contributed by atoms with E-state index in [2.05, 4.69) is 27.7 Å². The van der Waals surface area contributed by atoms with Crippen LogP contribution in [-0.2, 0) is 11.2 Å². The Morgan fingerprint density at radius 1 is 1.00 bits per heavy atom. The first kappa shape index (κ1) is 18.7. The fourth-order valence-corrected chi connectivity index (χ4v) is 4.02. The second-order valence-electron chi connectivity index (χ2n) is 7.58. The lowest BCUT2D eigenvalue weighted by Crippen LogP contribution is -2.52. The van der Waals surface area contributed by atoms with Gasteiger partial charge in [0.05, 0.1) is 5.04 Å². The lowest BCUT2D eigenvalue weighted by Gasteiger charge is -2.52. The van der Waals surface area contributed by atoms with E-state index in [4.69, 9.17) is 9.73 Å². The summed E-state index contributed by atoms with van der Waals surface area (Å²) < 4.78 is 5.76. The van der Waals surface area contributed by atoms with Crippen LogP contribution < -0.4 is 4.74 Å². The van der Waals surface area contributed by atoms with E-state index in [9.17, 15) is 4.79 Å². The van der Waals surface area contributed by atoms with Crippen molar-refractivity contribution in [3.63, 3.8) is 0 Å². The van der Waals surface area contributed by atoms with Crippen LogP contribution in [0.1, 0.15) is 39.7 Å². The average molecular weight is 368 g/mol. The van der Waals surface area contributed by atoms with E-state index >= 15 is 0 Å². The zero-order valence-corrected chi connectivity index (χ0v) is 16.6. The molecular weight excluding hydrogens is 342 g/mol. The van der Waals surface area contributed by atoms with Crippen LogP contribution in [0, 0.1) is 5.41 Å². The highest BCUT2D eigenvalue weighted by Gasteiger charge is 2.52. The number of esters is 1. The molecule has 1 heterocycles. The fraction of sp³-hybridized carbons (Fsp3) is 0.364. The molecule has 4 heteroatoms. The number of hydrogen-bond acceptors (Lipinski definition) is 4. The largest absolute Gasteiger partial charge is 0.424 e. The van der Waals surface area contributed by atoms with Gasteiger partial charge in [-0.3, -0.25) is 4.79 Å². The fourth-order valence-electron chi connectivity index (χ4n) is 2.68. The maximum absolute atomic E-state index is 12.3. The van der Waals surface area contributed by atoms with Crippen LogP contribution in [-0.4, -0.2) is 15.8 Å². The number of carbonyl (C=O) groups excluding carboxylic acids is 1. The molecule has 0 saturated carbocycles. The van der Waals surface area contributed by atoms with Crippen molar-refractivity contribution in [1.82, 2.24) is 0 Å². The molecule has 0 radical (unpaired) electrons. The van der Waals surface area contributed by atoms with E-state index in [-0.39, 0.29) is 16.1 Å². The summed E-state index contributed by atoms with van der Waals surface area (Å²) in [5, 5.41) is 1.08. The van der Waals surface area contributed by atoms with Gasteiger partial charge in [-0.05, 0) is 38.0 Å². The molecule has 1 aliphatic heterocycles. The Labute approximate surface area is 159 Å². The summed E-state index contributed by atoms with van der Waals surface area (Å²) in [6, 6.07) is 17.5. The van der Waals surface area contributed by atoms with Crippen molar-refractivity contribution in [3.05, 3.63) is 60.2 Å². The van der Waals surface area contributed by atoms with Crippen molar-refractivity contribution in [1.29, 1.82) is 0 Å². The van der Waals surface area contributed by atoms with Gasteiger partial charge >= 0.3 is 5.97 Å². The van der Waals surface area contributed by atoms with Crippen molar-refractivity contribution in [2.45, 2.75) is 45.3 Å². The number of rotatable bonds is 5. The molecule has 2 aromatic rings. The molecule has 0 unspecified atom stereocenters. The minimum Gasteiger partial charge on any atom is -0.424 e. The topological polar surface area (TPSA) is 38.7 Å². The van der Waals surface area contributed by atoms with E-state index in [1.54, 1.807) is 17.8 Å². The highest BCUT2D eigenvalue weighted by molar-refractivity contribution is 8.17. The number of benzene rings is 2. The summed E-state index contributed by atoms with van der Waals surface area (Å²) in [6.07, 6.45) is 1.02. The van der Waals surface area contributed by atoms with E-state index in [1.165, 1.54) is 0 Å². The molecule has 1 saturated heterocycles. The Hall–Kier alpha value is -2.07. The van der Waals surface area contributed by atoms with Gasteiger partial charge in [-0.15, -0.1) is 11.8 Å². The first-order chi connectivity index (χ1) is 12.3. The number of carbonyl (C=O) groups is 1. The molecular formula is C22H25NO2S. The summed E-state index contributed by atoms with van der Waals surface area (Å²) in [6.45, 7) is 8.87. The molecule has 2 aromatic carbocycles. The molecule has 3 rings (SSSR count). The zero-order chi connectivity index (χ0) is 18.8. The summed E-state index contributed by atoms with van der Waals surface area (Å²) in [5.74, 6) is 0.293. The molecule has 0 aliphatic carbocycles. The predicted molar refractivity (Wildman–Crippen MR) is 109 cm³/mol. The SMILES string of the molecule is CC1(C)SC(=Nc2ccccc2OC(=O)CCc2ccccc2)C1(C)C. The normalized spacial score (nSPS) is 19.0. The van der Waals surface area contributed by atoms with Crippen LogP contribution in [0.2, 0.25) is 0 Å². The third kappa shape index (κ3) is 3.85. The molecule has 0 atom stereocenters. The molecule has 0 N–H and O–H groups in total. The number of thioether (sulfide) groups is 1. The van der Waals surface area contributed by atoms with Crippen LogP contribution in [0.4, 0.5) is 5.69 Å². The van der Waals surface area contributed by atoms with E-state index in [0.717, 1.165) is 10.6 Å². The maximum Gasteiger partial charge on any atom is 0.311 e. The Balaban J connectivity index is 1.69. The number of nitrogens with zero attached hydrogens (tertiary/aromatic N) is 1. The number of aliphatic imine (C=N–C) groups is 1. The van der Waals surface area contributed by atoms with Gasteiger partial charge in [-0.2, -0.15) is 0 Å². The van der Waals surface area contributed by atoms with Crippen LogP contribution in [0.15, 0.2) is 59.6 Å². The van der Waals surface area contributed by atoms with Gasteiger partial charge in [0, 0.05) is 16.6 Å². The molecule has 3 nitrogen and oxygen atoms in total. The van der Waals surface area contributed by atoms with E-state index in [1.807, 2.05) is 48.5 Å². The van der Waals surface area contributed by atoms with Crippen LogP contribution >= 0.6 is 11.8 Å². The van der Waals surface area contributed by atoms with Gasteiger partial charge in [-0.1, -0.05) is 56.3 Å². The number of hydrogen-bond donors (Lipinski definition) is 0. The Bertz CT molecular complexity index is 825. The third-order valence-corrected chi connectivity index (χ3v) is 6.98. The third-order valence-electron chi connectivity index (χ3n) is 5.16. The smallest absolute Gasteiger partial charge is 0.311 e. The standard InChI is InChI=1S/C22H25NO2S/c1-21(2)20(26-22(21,3)4)23-17-12-8-9-13-18(17)25-19(24)15-14-16-10-6-5-7-11-16/h5-13H,14-15H2,1-4H3. The Kier molecular flexibility index (Phi) is 5.24. The lowest BCUT2D eigenvalue weighted by molar-refractivity contribution is -0.134. The summed E-state index contributed by atoms with van der Waals surface area (Å²) >= 11 is 1.78. The summed E-state index contributed by atoms with van der Waals surface area (Å²) in [7, 11) is 0. The number of ether oxygens (including phenoxy) is 1. The Morgan fingerprint density at radius 3 is 2.31 bits per heavy atom. The van der Waals surface area contributed by atoms with Crippen LogP contribution in [0.25, 0.3) is 0 Å². The summed E-state index contributed by atoms with van der Waals surface area (Å²) in [4.78, 5) is 17.0. The average Bonchev–Trinajstić information content (AvgIpc) is 2.62. The number of para-hydroxylation sites is 2. The van der Waals surface area contributed by atoms with Gasteiger partial charge in [0.2, 0.25) is 0 Å². The molecule has 0 amide bonds. The van der Waals surface area contributed by atoms with Crippen molar-refractivity contribution < 1.29 is 9.53 Å². The van der Waals surface area contributed by atoms with Crippen molar-refractivity contribution in [2.75, 3.05) is 0 Å². The van der Waals surface area contributed by atoms with Crippen LogP contribution in [0.5, 0.6) is 5.75 Å². The van der Waals surface area contributed by atoms with E-state index < -0.39 is 0 Å². The van der Waals surface area contributed by atoms with Gasteiger partial charge in [0.25, 0.3) is 0 Å². The Morgan fingerprint density at radius 2 is 1.65 bits per heavy atom. The first-order valence-electron chi connectivity index (χ1n) is 8.91. The molecule has 0 spiro atoms. The minimum atomic E-state index is -0.234. The van der Waals surface area contributed by atoms with Gasteiger partial charge in [0.1, 0.15) is 5.69 Å². The quantitative estimate of drug-likeness (QED) is 0.495. The van der Waals surface area contributed by atoms with E-state index in [0.29, 0.717) is 24.3 Å². The second kappa shape index (κ2) is 7.28. The van der Waals surface area contributed by atoms with Crippen molar-refractivity contribution in [3.8, 4) is 5.75 Å².